The van der Waals surface area contributed by atoms with E-state index in [9.17, 15) is 9.59 Å². The number of benzene rings is 1. The molecule has 0 aliphatic rings. The Morgan fingerprint density at radius 3 is 3.00 bits per heavy atom. The number of pyridine rings is 1. The van der Waals surface area contributed by atoms with Gasteiger partial charge in [-0.2, -0.15) is 0 Å². The molecule has 134 valence electrons. The highest BCUT2D eigenvalue weighted by Gasteiger charge is 2.10. The summed E-state index contributed by atoms with van der Waals surface area (Å²) in [4.78, 5) is 37.5. The Morgan fingerprint density at radius 1 is 1.26 bits per heavy atom. The molecule has 0 aliphatic heterocycles. The molecule has 4 aromatic rings. The van der Waals surface area contributed by atoms with Crippen LogP contribution in [0.15, 0.2) is 58.8 Å². The second-order valence-electron chi connectivity index (χ2n) is 6.10. The van der Waals surface area contributed by atoms with Crippen LogP contribution in [0.2, 0.25) is 0 Å². The quantitative estimate of drug-likeness (QED) is 0.555. The first-order valence-corrected chi connectivity index (χ1v) is 9.23. The van der Waals surface area contributed by atoms with E-state index in [1.165, 1.54) is 22.3 Å². The van der Waals surface area contributed by atoms with Crippen LogP contribution in [0, 0.1) is 0 Å². The Balaban J connectivity index is 1.53. The van der Waals surface area contributed by atoms with Crippen LogP contribution in [0.5, 0.6) is 0 Å². The summed E-state index contributed by atoms with van der Waals surface area (Å²) in [5, 5.41) is 2.85. The Morgan fingerprint density at radius 2 is 2.11 bits per heavy atom. The lowest BCUT2D eigenvalue weighted by Gasteiger charge is -2.14. The molecule has 4 rings (SSSR count). The number of rotatable bonds is 4. The molecule has 0 saturated heterocycles. The summed E-state index contributed by atoms with van der Waals surface area (Å²) in [6.45, 7) is 0.220. The van der Waals surface area contributed by atoms with Crippen LogP contribution in [0.4, 0.5) is 0 Å². The number of carbonyl (C=O) groups is 1. The summed E-state index contributed by atoms with van der Waals surface area (Å²) in [7, 11) is 1.67. The second kappa shape index (κ2) is 7.13. The highest BCUT2D eigenvalue weighted by atomic mass is 32.1. The van der Waals surface area contributed by atoms with Gasteiger partial charge in [0, 0.05) is 30.3 Å². The van der Waals surface area contributed by atoms with Crippen molar-refractivity contribution in [1.82, 2.24) is 19.9 Å². The maximum atomic E-state index is 12.5. The van der Waals surface area contributed by atoms with E-state index in [1.54, 1.807) is 25.4 Å². The van der Waals surface area contributed by atoms with Crippen LogP contribution in [0.25, 0.3) is 27.2 Å². The van der Waals surface area contributed by atoms with E-state index in [0.29, 0.717) is 16.0 Å². The van der Waals surface area contributed by atoms with Gasteiger partial charge in [0.15, 0.2) is 0 Å². The summed E-state index contributed by atoms with van der Waals surface area (Å²) in [5.41, 5.74) is 2.20. The molecule has 0 atom stereocenters. The molecule has 3 heterocycles. The molecule has 1 aromatic carbocycles. The van der Waals surface area contributed by atoms with Crippen molar-refractivity contribution < 1.29 is 4.79 Å². The van der Waals surface area contributed by atoms with Crippen molar-refractivity contribution in [3.8, 4) is 0 Å². The number of H-pyrrole nitrogens is 1. The van der Waals surface area contributed by atoms with Crippen molar-refractivity contribution in [2.45, 2.75) is 6.54 Å². The minimum Gasteiger partial charge on any atom is -0.335 e. The number of thiophene rings is 1. The monoisotopic (exact) mass is 376 g/mol. The van der Waals surface area contributed by atoms with Crippen LogP contribution < -0.4 is 5.56 Å². The van der Waals surface area contributed by atoms with Crippen LogP contribution >= 0.6 is 11.3 Å². The summed E-state index contributed by atoms with van der Waals surface area (Å²) in [6, 6.07) is 11.5. The van der Waals surface area contributed by atoms with Gasteiger partial charge in [0.05, 0.1) is 17.6 Å². The van der Waals surface area contributed by atoms with Gasteiger partial charge >= 0.3 is 0 Å². The molecule has 27 heavy (non-hydrogen) atoms. The lowest BCUT2D eigenvalue weighted by Crippen LogP contribution is -2.26. The van der Waals surface area contributed by atoms with Gasteiger partial charge < -0.3 is 9.88 Å². The van der Waals surface area contributed by atoms with Crippen molar-refractivity contribution in [3.63, 3.8) is 0 Å². The highest BCUT2D eigenvalue weighted by Crippen LogP contribution is 2.17. The minimum absolute atomic E-state index is 0.178. The van der Waals surface area contributed by atoms with Gasteiger partial charge in [-0.05, 0) is 23.6 Å². The Labute approximate surface area is 158 Å². The summed E-state index contributed by atoms with van der Waals surface area (Å²) >= 11 is 1.35. The molecule has 3 aromatic heterocycles. The molecule has 0 radical (unpaired) electrons. The Bertz CT molecular complexity index is 1220. The predicted molar refractivity (Wildman–Crippen MR) is 107 cm³/mol. The van der Waals surface area contributed by atoms with Gasteiger partial charge in [0.2, 0.25) is 5.91 Å². The fraction of sp³-hybridized carbons (Fsp3) is 0.100. The third kappa shape index (κ3) is 3.50. The number of aromatic nitrogens is 3. The Kier molecular flexibility index (Phi) is 4.52. The average molecular weight is 376 g/mol. The third-order valence-corrected chi connectivity index (χ3v) is 5.10. The lowest BCUT2D eigenvalue weighted by molar-refractivity contribution is -0.125. The number of para-hydroxylation sites is 1. The van der Waals surface area contributed by atoms with Crippen LogP contribution in [-0.4, -0.2) is 32.8 Å². The number of aromatic amines is 1. The van der Waals surface area contributed by atoms with Gasteiger partial charge in [0.1, 0.15) is 10.5 Å². The van der Waals surface area contributed by atoms with E-state index in [2.05, 4.69) is 15.0 Å². The van der Waals surface area contributed by atoms with E-state index in [0.717, 1.165) is 16.5 Å². The number of amides is 1. The largest absolute Gasteiger partial charge is 0.335 e. The summed E-state index contributed by atoms with van der Waals surface area (Å²) < 4.78 is 0.594. The standard InChI is InChI=1S/C20H16N4O2S/c1-24(12-16-22-15-9-11-27-19(15)20(26)23-16)17(25)8-7-14-5-2-4-13-6-3-10-21-18(13)14/h2-11H,12H2,1H3,(H,22,23,26)/b8-7+. The van der Waals surface area contributed by atoms with Gasteiger partial charge in [-0.15, -0.1) is 11.3 Å². The SMILES string of the molecule is CN(Cc1nc2ccsc2c(=O)[nH]1)C(=O)/C=C/c1cccc2cccnc12. The molecule has 0 fully saturated rings. The zero-order chi connectivity index (χ0) is 18.8. The molecule has 1 N–H and O–H groups in total. The lowest BCUT2D eigenvalue weighted by atomic mass is 10.1. The number of carbonyl (C=O) groups excluding carboxylic acids is 1. The summed E-state index contributed by atoms with van der Waals surface area (Å²) in [5.74, 6) is 0.276. The van der Waals surface area contributed by atoms with E-state index >= 15 is 0 Å². The third-order valence-electron chi connectivity index (χ3n) is 4.20. The second-order valence-corrected chi connectivity index (χ2v) is 7.01. The van der Waals surface area contributed by atoms with Crippen molar-refractivity contribution in [1.29, 1.82) is 0 Å². The average Bonchev–Trinajstić information content (AvgIpc) is 3.15. The zero-order valence-corrected chi connectivity index (χ0v) is 15.4. The highest BCUT2D eigenvalue weighted by molar-refractivity contribution is 7.17. The molecule has 6 nitrogen and oxygen atoms in total. The van der Waals surface area contributed by atoms with Gasteiger partial charge in [-0.25, -0.2) is 4.98 Å². The molecule has 0 spiro atoms. The number of nitrogens with zero attached hydrogens (tertiary/aromatic N) is 3. The fourth-order valence-corrected chi connectivity index (χ4v) is 3.58. The summed E-state index contributed by atoms with van der Waals surface area (Å²) in [6.07, 6.45) is 4.99. The van der Waals surface area contributed by atoms with Crippen LogP contribution in [0.3, 0.4) is 0 Å². The molecular weight excluding hydrogens is 360 g/mol. The number of nitrogens with one attached hydrogen (secondary N) is 1. The van der Waals surface area contributed by atoms with E-state index in [-0.39, 0.29) is 18.0 Å². The normalized spacial score (nSPS) is 11.4. The maximum Gasteiger partial charge on any atom is 0.268 e. The topological polar surface area (TPSA) is 79.0 Å². The molecule has 0 bridgehead atoms. The first-order chi connectivity index (χ1) is 13.1. The van der Waals surface area contributed by atoms with E-state index in [1.807, 2.05) is 35.7 Å². The number of hydrogen-bond donors (Lipinski definition) is 1. The first-order valence-electron chi connectivity index (χ1n) is 8.35. The van der Waals surface area contributed by atoms with Gasteiger partial charge in [-0.3, -0.25) is 14.6 Å². The van der Waals surface area contributed by atoms with Gasteiger partial charge in [0.25, 0.3) is 5.56 Å². The van der Waals surface area contributed by atoms with E-state index in [4.69, 9.17) is 0 Å². The van der Waals surface area contributed by atoms with Crippen LogP contribution in [-0.2, 0) is 11.3 Å². The molecular formula is C20H16N4O2S. The number of hydrogen-bond acceptors (Lipinski definition) is 5. The van der Waals surface area contributed by atoms with Crippen molar-refractivity contribution in [2.75, 3.05) is 7.05 Å². The molecule has 0 unspecified atom stereocenters. The van der Waals surface area contributed by atoms with Gasteiger partial charge in [-0.1, -0.05) is 24.3 Å². The van der Waals surface area contributed by atoms with Crippen molar-refractivity contribution in [2.24, 2.45) is 0 Å². The minimum atomic E-state index is -0.184. The number of likely N-dealkylation sites (N-methyl/N-ethyl adjacent to an activating group) is 1. The fourth-order valence-electron chi connectivity index (χ4n) is 2.85. The van der Waals surface area contributed by atoms with Crippen molar-refractivity contribution in [3.05, 3.63) is 75.8 Å². The molecule has 1 amide bonds. The molecule has 7 heteroatoms. The predicted octanol–water partition coefficient (Wildman–Crippen LogP) is 3.20. The smallest absolute Gasteiger partial charge is 0.268 e. The molecule has 0 saturated carbocycles. The van der Waals surface area contributed by atoms with Crippen LogP contribution in [0.1, 0.15) is 11.4 Å². The maximum absolute atomic E-state index is 12.5. The number of fused-ring (bicyclic) bond motifs is 2. The molecule has 0 aliphatic carbocycles. The van der Waals surface area contributed by atoms with E-state index < -0.39 is 0 Å². The first kappa shape index (κ1) is 17.1. The zero-order valence-electron chi connectivity index (χ0n) is 14.5. The van der Waals surface area contributed by atoms with Crippen molar-refractivity contribution >= 4 is 44.4 Å². The Hall–Kier alpha value is -3.32.